The Morgan fingerprint density at radius 3 is 2.02 bits per heavy atom. The number of cyclic esters (lactones) is 1. The molecule has 1 heterocycles. The Morgan fingerprint density at radius 1 is 0.881 bits per heavy atom. The topological polar surface area (TPSA) is 125 Å². The summed E-state index contributed by atoms with van der Waals surface area (Å²) in [4.78, 5) is 23.4. The van der Waals surface area contributed by atoms with Crippen molar-refractivity contribution in [2.75, 3.05) is 42.2 Å². The number of non-ortho nitro benzene ring substituents is 1. The van der Waals surface area contributed by atoms with E-state index in [2.05, 4.69) is 15.9 Å². The Morgan fingerprint density at radius 2 is 1.48 bits per heavy atom. The van der Waals surface area contributed by atoms with Crippen LogP contribution < -0.4 is 28.4 Å². The SMILES string of the molecule is COc1cc(C[C@@H]2COC(=O)/C2=C/c2cc(OC)c(OC)c(OCc3ccc([N+](=O)[O-])cc3)c2Br)cc(OC)c1OC. The average molecular weight is 644 g/mol. The quantitative estimate of drug-likeness (QED) is 0.104. The Labute approximate surface area is 251 Å². The summed E-state index contributed by atoms with van der Waals surface area (Å²) in [5, 5.41) is 11.0. The molecule has 42 heavy (non-hydrogen) atoms. The number of carbonyl (C=O) groups excluding carboxylic acids is 1. The van der Waals surface area contributed by atoms with Crippen LogP contribution in [0, 0.1) is 16.0 Å². The zero-order valence-corrected chi connectivity index (χ0v) is 25.3. The summed E-state index contributed by atoms with van der Waals surface area (Å²) in [7, 11) is 7.62. The molecule has 12 heteroatoms. The van der Waals surface area contributed by atoms with Crippen LogP contribution >= 0.6 is 15.9 Å². The molecular formula is C30H30BrNO10. The number of nitro benzene ring substituents is 1. The van der Waals surface area contributed by atoms with Crippen LogP contribution in [0.3, 0.4) is 0 Å². The highest BCUT2D eigenvalue weighted by atomic mass is 79.9. The highest BCUT2D eigenvalue weighted by Gasteiger charge is 2.32. The van der Waals surface area contributed by atoms with Gasteiger partial charge in [-0.1, -0.05) is 0 Å². The fraction of sp³-hybridized carbons (Fsp3) is 0.300. The molecular weight excluding hydrogens is 614 g/mol. The van der Waals surface area contributed by atoms with E-state index in [0.29, 0.717) is 62.1 Å². The molecule has 11 nitrogen and oxygen atoms in total. The maximum absolute atomic E-state index is 12.9. The fourth-order valence-corrected chi connectivity index (χ4v) is 5.15. The molecule has 0 amide bonds. The number of hydrogen-bond acceptors (Lipinski definition) is 10. The van der Waals surface area contributed by atoms with Gasteiger partial charge in [0.25, 0.3) is 5.69 Å². The number of ether oxygens (including phenoxy) is 7. The second-order valence-corrected chi connectivity index (χ2v) is 9.98. The second kappa shape index (κ2) is 13.5. The van der Waals surface area contributed by atoms with Gasteiger partial charge < -0.3 is 33.2 Å². The average Bonchev–Trinajstić information content (AvgIpc) is 3.34. The minimum Gasteiger partial charge on any atom is -0.493 e. The molecule has 4 rings (SSSR count). The summed E-state index contributed by atoms with van der Waals surface area (Å²) in [6.07, 6.45) is 2.21. The number of nitro groups is 1. The molecule has 3 aromatic rings. The van der Waals surface area contributed by atoms with Crippen LogP contribution in [0.1, 0.15) is 16.7 Å². The van der Waals surface area contributed by atoms with Crippen molar-refractivity contribution in [2.24, 2.45) is 5.92 Å². The minimum atomic E-state index is -0.463. The summed E-state index contributed by atoms with van der Waals surface area (Å²) < 4.78 is 39.6. The Kier molecular flexibility index (Phi) is 9.79. The molecule has 0 spiro atoms. The van der Waals surface area contributed by atoms with Gasteiger partial charge in [0.1, 0.15) is 6.61 Å². The van der Waals surface area contributed by atoms with Crippen molar-refractivity contribution in [3.05, 3.63) is 79.3 Å². The number of benzene rings is 3. The van der Waals surface area contributed by atoms with Gasteiger partial charge in [0, 0.05) is 23.6 Å². The molecule has 0 unspecified atom stereocenters. The molecule has 1 fully saturated rings. The van der Waals surface area contributed by atoms with E-state index in [4.69, 9.17) is 33.2 Å². The highest BCUT2D eigenvalue weighted by Crippen LogP contribution is 2.47. The Balaban J connectivity index is 1.68. The van der Waals surface area contributed by atoms with E-state index < -0.39 is 10.9 Å². The van der Waals surface area contributed by atoms with E-state index in [9.17, 15) is 14.9 Å². The number of rotatable bonds is 12. The molecule has 0 bridgehead atoms. The van der Waals surface area contributed by atoms with E-state index in [0.717, 1.165) is 5.56 Å². The van der Waals surface area contributed by atoms with Gasteiger partial charge >= 0.3 is 5.97 Å². The summed E-state index contributed by atoms with van der Waals surface area (Å²) in [5.41, 5.74) is 2.64. The van der Waals surface area contributed by atoms with Gasteiger partial charge in [0.15, 0.2) is 23.0 Å². The molecule has 0 aliphatic carbocycles. The maximum Gasteiger partial charge on any atom is 0.334 e. The first-order valence-electron chi connectivity index (χ1n) is 12.7. The molecule has 1 atom stereocenters. The van der Waals surface area contributed by atoms with Gasteiger partial charge in [0.05, 0.1) is 51.6 Å². The fourth-order valence-electron chi connectivity index (χ4n) is 4.63. The van der Waals surface area contributed by atoms with Crippen molar-refractivity contribution < 1.29 is 42.9 Å². The molecule has 3 aromatic carbocycles. The first-order valence-corrected chi connectivity index (χ1v) is 13.5. The monoisotopic (exact) mass is 643 g/mol. The van der Waals surface area contributed by atoms with Crippen molar-refractivity contribution in [2.45, 2.75) is 13.0 Å². The van der Waals surface area contributed by atoms with Crippen LogP contribution in [0.25, 0.3) is 6.08 Å². The first-order chi connectivity index (χ1) is 20.2. The lowest BCUT2D eigenvalue weighted by molar-refractivity contribution is -0.384. The van der Waals surface area contributed by atoms with E-state index in [-0.39, 0.29) is 24.8 Å². The number of carbonyl (C=O) groups is 1. The van der Waals surface area contributed by atoms with Gasteiger partial charge in [-0.15, -0.1) is 0 Å². The lowest BCUT2D eigenvalue weighted by atomic mass is 9.92. The lowest BCUT2D eigenvalue weighted by Gasteiger charge is -2.18. The molecule has 1 aliphatic rings. The predicted molar refractivity (Wildman–Crippen MR) is 157 cm³/mol. The third-order valence-corrected chi connectivity index (χ3v) is 7.55. The van der Waals surface area contributed by atoms with Gasteiger partial charge in [0.2, 0.25) is 11.5 Å². The van der Waals surface area contributed by atoms with E-state index >= 15 is 0 Å². The van der Waals surface area contributed by atoms with E-state index in [1.54, 1.807) is 38.5 Å². The van der Waals surface area contributed by atoms with Crippen molar-refractivity contribution >= 4 is 33.7 Å². The largest absolute Gasteiger partial charge is 0.493 e. The molecule has 1 aliphatic heterocycles. The van der Waals surface area contributed by atoms with E-state index in [1.807, 2.05) is 12.1 Å². The smallest absolute Gasteiger partial charge is 0.334 e. The summed E-state index contributed by atoms with van der Waals surface area (Å²) in [5.74, 6) is 1.89. The van der Waals surface area contributed by atoms with Crippen LogP contribution in [-0.4, -0.2) is 53.0 Å². The van der Waals surface area contributed by atoms with Crippen LogP contribution in [0.5, 0.6) is 34.5 Å². The number of methoxy groups -OCH3 is 5. The molecule has 0 N–H and O–H groups in total. The third kappa shape index (κ3) is 6.38. The van der Waals surface area contributed by atoms with Crippen LogP contribution in [0.4, 0.5) is 5.69 Å². The van der Waals surface area contributed by atoms with Crippen molar-refractivity contribution in [1.82, 2.24) is 0 Å². The van der Waals surface area contributed by atoms with Gasteiger partial charge in [-0.25, -0.2) is 4.79 Å². The van der Waals surface area contributed by atoms with Gasteiger partial charge in [-0.05, 0) is 75.4 Å². The predicted octanol–water partition coefficient (Wildman–Crippen LogP) is 5.78. The molecule has 1 saturated heterocycles. The van der Waals surface area contributed by atoms with Crippen LogP contribution in [0.2, 0.25) is 0 Å². The molecule has 222 valence electrons. The second-order valence-electron chi connectivity index (χ2n) is 9.19. The van der Waals surface area contributed by atoms with E-state index in [1.165, 1.54) is 33.5 Å². The van der Waals surface area contributed by atoms with Crippen molar-refractivity contribution in [3.8, 4) is 34.5 Å². The molecule has 0 aromatic heterocycles. The van der Waals surface area contributed by atoms with Crippen molar-refractivity contribution in [3.63, 3.8) is 0 Å². The van der Waals surface area contributed by atoms with Gasteiger partial charge in [-0.3, -0.25) is 10.1 Å². The summed E-state index contributed by atoms with van der Waals surface area (Å²) in [6.45, 7) is 0.303. The van der Waals surface area contributed by atoms with Crippen LogP contribution in [0.15, 0.2) is 52.5 Å². The minimum absolute atomic E-state index is 0.0164. The zero-order valence-electron chi connectivity index (χ0n) is 23.7. The van der Waals surface area contributed by atoms with Gasteiger partial charge in [-0.2, -0.15) is 0 Å². The molecule has 0 saturated carbocycles. The Hall–Kier alpha value is -4.45. The first kappa shape index (κ1) is 30.5. The Bertz CT molecular complexity index is 1480. The summed E-state index contributed by atoms with van der Waals surface area (Å²) >= 11 is 3.61. The van der Waals surface area contributed by atoms with Crippen molar-refractivity contribution in [1.29, 1.82) is 0 Å². The third-order valence-electron chi connectivity index (χ3n) is 6.73. The maximum atomic E-state index is 12.9. The number of esters is 1. The number of nitrogens with zero attached hydrogens (tertiary/aromatic N) is 1. The number of hydrogen-bond donors (Lipinski definition) is 0. The highest BCUT2D eigenvalue weighted by molar-refractivity contribution is 9.10. The lowest BCUT2D eigenvalue weighted by Crippen LogP contribution is -2.09. The summed E-state index contributed by atoms with van der Waals surface area (Å²) in [6, 6.07) is 11.5. The van der Waals surface area contributed by atoms with Crippen LogP contribution in [-0.2, 0) is 22.6 Å². The molecule has 0 radical (unpaired) electrons. The standard InChI is InChI=1S/C30H30BrNO10/c1-36-23-11-18(12-24(37-2)27(23)39-4)10-20-16-42-30(33)22(20)13-19-14-25(38-3)28(40-5)29(26(19)31)41-15-17-6-8-21(9-7-17)32(34)35/h6-9,11-14,20H,10,15-16H2,1-5H3/b22-13+/t20-/m1/s1. The number of halogens is 1. The normalized spacial score (nSPS) is 15.2. The zero-order chi connectivity index (χ0) is 30.4.